The second-order valence-electron chi connectivity index (χ2n) is 16.2. The molecule has 0 saturated heterocycles. The number of rotatable bonds is 25. The van der Waals surface area contributed by atoms with Gasteiger partial charge in [0.1, 0.15) is 40.3 Å². The van der Waals surface area contributed by atoms with Crippen molar-refractivity contribution in [3.63, 3.8) is 0 Å². The number of hydrogen-bond donors (Lipinski definition) is 4. The number of hydrogen-bond acceptors (Lipinski definition) is 13. The lowest BCUT2D eigenvalue weighted by Gasteiger charge is -2.13. The number of aromatic nitrogens is 9. The van der Waals surface area contributed by atoms with Crippen molar-refractivity contribution in [3.05, 3.63) is 83.0 Å². The predicted octanol–water partition coefficient (Wildman–Crippen LogP) is 5.63. The number of aryl methyl sites for hydroxylation is 4. The standard InChI is InChI=1S/C48H56N12O9/c1-6-59-36(21-29(3)55-59)45-51-27-34-33-25-32(44(49)65)26-39(68-19-11-15-50-40(62)13-10-14-41(63)64)42(33)57(46(34)53-45)16-8-9-17-58-43-35(23-31(28-61)24-38(43)69-20-12-18-67-5)52-48(58)54-47(66)37-22-30(4)56-60(37)7-2/h8-9,21-28H,6-7,10-20H2,1-5H3,(H2,49,65)(H,50,62)(H,63,64)(H,52,54,66)/b9-8+. The van der Waals surface area contributed by atoms with Crippen molar-refractivity contribution in [3.8, 4) is 23.0 Å². The molecule has 5 aromatic heterocycles. The van der Waals surface area contributed by atoms with Crippen molar-refractivity contribution in [2.45, 2.75) is 86.0 Å². The molecule has 0 radical (unpaired) electrons. The summed E-state index contributed by atoms with van der Waals surface area (Å²) in [6.45, 7) is 10.3. The number of nitrogens with two attached hydrogens (primary N) is 1. The number of carbonyl (C=O) groups excluding carboxylic acids is 4. The third-order valence-corrected chi connectivity index (χ3v) is 11.2. The van der Waals surface area contributed by atoms with E-state index in [-0.39, 0.29) is 62.9 Å². The van der Waals surface area contributed by atoms with E-state index in [9.17, 15) is 24.0 Å². The lowest BCUT2D eigenvalue weighted by atomic mass is 10.1. The van der Waals surface area contributed by atoms with Crippen LogP contribution in [0.25, 0.3) is 44.5 Å². The van der Waals surface area contributed by atoms with E-state index in [4.69, 9.17) is 40.0 Å². The molecule has 362 valence electrons. The number of aldehydes is 1. The molecule has 69 heavy (non-hydrogen) atoms. The number of primary amides is 1. The minimum Gasteiger partial charge on any atom is -0.491 e. The van der Waals surface area contributed by atoms with Gasteiger partial charge in [0, 0.05) is 93.8 Å². The number of anilines is 1. The summed E-state index contributed by atoms with van der Waals surface area (Å²) in [7, 11) is 1.61. The predicted molar refractivity (Wildman–Crippen MR) is 257 cm³/mol. The van der Waals surface area contributed by atoms with Crippen molar-refractivity contribution in [2.24, 2.45) is 5.73 Å². The van der Waals surface area contributed by atoms with Crippen LogP contribution in [0.1, 0.15) is 88.5 Å². The zero-order valence-corrected chi connectivity index (χ0v) is 39.3. The number of carboxylic acids is 1. The highest BCUT2D eigenvalue weighted by atomic mass is 16.5. The molecule has 0 spiro atoms. The van der Waals surface area contributed by atoms with E-state index in [1.54, 1.807) is 48.3 Å². The Labute approximate surface area is 396 Å². The Bertz CT molecular complexity index is 3070. The van der Waals surface area contributed by atoms with Crippen LogP contribution in [0.15, 0.2) is 54.7 Å². The van der Waals surface area contributed by atoms with Gasteiger partial charge in [-0.15, -0.1) is 0 Å². The Hall–Kier alpha value is -7.94. The maximum atomic E-state index is 13.8. The number of nitrogens with one attached hydrogen (secondary N) is 2. The second kappa shape index (κ2) is 22.2. The highest BCUT2D eigenvalue weighted by Gasteiger charge is 2.23. The lowest BCUT2D eigenvalue weighted by Crippen LogP contribution is -2.25. The molecular weight excluding hydrogens is 889 g/mol. The van der Waals surface area contributed by atoms with E-state index in [1.807, 2.05) is 59.7 Å². The van der Waals surface area contributed by atoms with E-state index in [2.05, 4.69) is 20.8 Å². The fraction of sp³-hybridized carbons (Fsp3) is 0.375. The average Bonchev–Trinajstić information content (AvgIpc) is 4.09. The molecule has 7 rings (SSSR count). The molecule has 21 nitrogen and oxygen atoms in total. The largest absolute Gasteiger partial charge is 0.491 e. The van der Waals surface area contributed by atoms with Crippen molar-refractivity contribution in [1.82, 2.24) is 49.0 Å². The van der Waals surface area contributed by atoms with Crippen LogP contribution in [0.2, 0.25) is 0 Å². The quantitative estimate of drug-likeness (QED) is 0.0308. The summed E-state index contributed by atoms with van der Waals surface area (Å²) >= 11 is 0. The minimum absolute atomic E-state index is 0.0900. The molecule has 0 unspecified atom stereocenters. The van der Waals surface area contributed by atoms with Gasteiger partial charge >= 0.3 is 5.97 Å². The Balaban J connectivity index is 1.28. The van der Waals surface area contributed by atoms with Gasteiger partial charge in [-0.3, -0.25) is 38.7 Å². The van der Waals surface area contributed by atoms with E-state index in [0.29, 0.717) is 106 Å². The molecule has 21 heteroatoms. The molecular formula is C48H56N12O9. The maximum Gasteiger partial charge on any atom is 0.303 e. The Kier molecular flexibility index (Phi) is 15.8. The van der Waals surface area contributed by atoms with Gasteiger partial charge in [-0.25, -0.2) is 15.0 Å². The summed E-state index contributed by atoms with van der Waals surface area (Å²) in [6, 6.07) is 10.2. The van der Waals surface area contributed by atoms with E-state index in [0.717, 1.165) is 17.7 Å². The molecule has 0 atom stereocenters. The highest BCUT2D eigenvalue weighted by Crippen LogP contribution is 2.37. The summed E-state index contributed by atoms with van der Waals surface area (Å²) in [6.07, 6.45) is 7.48. The molecule has 0 fully saturated rings. The molecule has 0 aliphatic carbocycles. The molecule has 5 N–H and O–H groups in total. The first kappa shape index (κ1) is 49.0. The number of benzene rings is 2. The van der Waals surface area contributed by atoms with E-state index >= 15 is 0 Å². The van der Waals surface area contributed by atoms with E-state index < -0.39 is 17.8 Å². The number of methoxy groups -OCH3 is 1. The first-order valence-corrected chi connectivity index (χ1v) is 22.7. The van der Waals surface area contributed by atoms with E-state index in [1.165, 1.54) is 0 Å². The van der Waals surface area contributed by atoms with Crippen LogP contribution in [0.3, 0.4) is 0 Å². The van der Waals surface area contributed by atoms with Crippen LogP contribution < -0.4 is 25.8 Å². The summed E-state index contributed by atoms with van der Waals surface area (Å²) in [5.41, 5.74) is 11.1. The molecule has 0 aliphatic rings. The maximum absolute atomic E-state index is 13.8. The van der Waals surface area contributed by atoms with Gasteiger partial charge in [-0.05, 0) is 76.9 Å². The van der Waals surface area contributed by atoms with Crippen LogP contribution >= 0.6 is 0 Å². The minimum atomic E-state index is -0.962. The zero-order chi connectivity index (χ0) is 49.2. The zero-order valence-electron chi connectivity index (χ0n) is 39.3. The van der Waals surface area contributed by atoms with Gasteiger partial charge in [-0.2, -0.15) is 10.2 Å². The summed E-state index contributed by atoms with van der Waals surface area (Å²) in [5, 5.41) is 25.0. The number of amides is 3. The average molecular weight is 945 g/mol. The number of imidazole rings is 1. The van der Waals surface area contributed by atoms with Gasteiger partial charge in [0.2, 0.25) is 17.8 Å². The SMILES string of the molecule is CCn1nc(C)cc1C(=O)Nc1nc2cc(C=O)cc(OCCCOC)c2n1C/C=C/Cn1c2nc(-c3cc(C)nn3CC)ncc2c2cc(C(N)=O)cc(OCCCNC(=O)CCCC(=O)O)c21. The molecule has 2 aromatic carbocycles. The van der Waals surface area contributed by atoms with Crippen LogP contribution in [-0.2, 0) is 40.5 Å². The van der Waals surface area contributed by atoms with Gasteiger partial charge in [0.25, 0.3) is 5.91 Å². The molecule has 0 bridgehead atoms. The Morgan fingerprint density at radius 1 is 0.797 bits per heavy atom. The summed E-state index contributed by atoms with van der Waals surface area (Å²) < 4.78 is 25.0. The van der Waals surface area contributed by atoms with Crippen LogP contribution in [0, 0.1) is 13.8 Å². The molecule has 0 aliphatic heterocycles. The van der Waals surface area contributed by atoms with Gasteiger partial charge in [-0.1, -0.05) is 12.2 Å². The third-order valence-electron chi connectivity index (χ3n) is 11.2. The highest BCUT2D eigenvalue weighted by molar-refractivity contribution is 6.12. The fourth-order valence-corrected chi connectivity index (χ4v) is 8.04. The van der Waals surface area contributed by atoms with Crippen molar-refractivity contribution < 1.29 is 43.3 Å². The summed E-state index contributed by atoms with van der Waals surface area (Å²) in [5.74, 6) is -0.897. The van der Waals surface area contributed by atoms with Crippen LogP contribution in [0.5, 0.6) is 11.5 Å². The van der Waals surface area contributed by atoms with Crippen molar-refractivity contribution in [1.29, 1.82) is 0 Å². The van der Waals surface area contributed by atoms with Crippen molar-refractivity contribution >= 4 is 68.9 Å². The normalized spacial score (nSPS) is 11.6. The molecule has 0 saturated carbocycles. The monoisotopic (exact) mass is 944 g/mol. The first-order valence-electron chi connectivity index (χ1n) is 22.7. The lowest BCUT2D eigenvalue weighted by molar-refractivity contribution is -0.137. The number of nitrogens with zero attached hydrogens (tertiary/aromatic N) is 9. The van der Waals surface area contributed by atoms with Gasteiger partial charge in [0.05, 0.1) is 35.6 Å². The van der Waals surface area contributed by atoms with Crippen LogP contribution in [-0.4, -0.2) is 112 Å². The Morgan fingerprint density at radius 2 is 1.51 bits per heavy atom. The second-order valence-corrected chi connectivity index (χ2v) is 16.2. The molecule has 7 aromatic rings. The van der Waals surface area contributed by atoms with Crippen LogP contribution in [0.4, 0.5) is 5.95 Å². The van der Waals surface area contributed by atoms with Gasteiger partial charge in [0.15, 0.2) is 5.82 Å². The number of carboxylic acid groups (broad SMARTS) is 1. The Morgan fingerprint density at radius 3 is 2.22 bits per heavy atom. The smallest absolute Gasteiger partial charge is 0.303 e. The molecule has 3 amide bonds. The number of allylic oxidation sites excluding steroid dienone is 2. The first-order chi connectivity index (χ1) is 33.3. The number of aliphatic carboxylic acids is 1. The fourth-order valence-electron chi connectivity index (χ4n) is 8.04. The topological polar surface area (TPSA) is 268 Å². The van der Waals surface area contributed by atoms with Crippen molar-refractivity contribution in [2.75, 3.05) is 38.8 Å². The third kappa shape index (κ3) is 11.3. The number of fused-ring (bicyclic) bond motifs is 4. The molecule has 5 heterocycles. The number of ether oxygens (including phenoxy) is 3. The van der Waals surface area contributed by atoms with Gasteiger partial charge < -0.3 is 39.5 Å². The summed E-state index contributed by atoms with van der Waals surface area (Å²) in [4.78, 5) is 76.6. The number of carbonyl (C=O) groups is 5.